The maximum Gasteiger partial charge on any atom is 0.240 e. The number of carbonyl (C=O) groups excluding carboxylic acids is 2. The Hall–Kier alpha value is -1.14. The van der Waals surface area contributed by atoms with Crippen LogP contribution < -0.4 is 16.4 Å². The van der Waals surface area contributed by atoms with E-state index in [2.05, 4.69) is 10.6 Å². The number of nitrogens with two attached hydrogens (primary N) is 1. The molecule has 17 heavy (non-hydrogen) atoms. The third kappa shape index (κ3) is 4.32. The van der Waals surface area contributed by atoms with Gasteiger partial charge in [0.1, 0.15) is 0 Å². The second-order valence-electron chi connectivity index (χ2n) is 4.23. The third-order valence-corrected chi connectivity index (χ3v) is 2.85. The van der Waals surface area contributed by atoms with Crippen LogP contribution in [0.1, 0.15) is 26.2 Å². The molecule has 1 aliphatic rings. The van der Waals surface area contributed by atoms with Crippen molar-refractivity contribution in [1.82, 2.24) is 10.6 Å². The Morgan fingerprint density at radius 3 is 2.53 bits per heavy atom. The molecule has 6 heteroatoms. The van der Waals surface area contributed by atoms with E-state index in [0.29, 0.717) is 39.1 Å². The number of amides is 2. The van der Waals surface area contributed by atoms with E-state index < -0.39 is 5.54 Å². The molecule has 1 fully saturated rings. The Morgan fingerprint density at radius 2 is 1.94 bits per heavy atom. The van der Waals surface area contributed by atoms with Crippen molar-refractivity contribution in [2.45, 2.75) is 31.7 Å². The van der Waals surface area contributed by atoms with Crippen LogP contribution in [0.5, 0.6) is 0 Å². The second-order valence-corrected chi connectivity index (χ2v) is 4.23. The van der Waals surface area contributed by atoms with E-state index in [1.54, 1.807) is 0 Å². The molecule has 1 heterocycles. The number of rotatable bonds is 5. The van der Waals surface area contributed by atoms with Crippen molar-refractivity contribution in [3.8, 4) is 0 Å². The lowest BCUT2D eigenvalue weighted by Crippen LogP contribution is -2.57. The lowest BCUT2D eigenvalue weighted by Gasteiger charge is -2.31. The molecule has 4 N–H and O–H groups in total. The maximum atomic E-state index is 11.8. The van der Waals surface area contributed by atoms with E-state index in [1.165, 1.54) is 0 Å². The Balaban J connectivity index is 2.26. The average molecular weight is 243 g/mol. The summed E-state index contributed by atoms with van der Waals surface area (Å²) in [6.45, 7) is 3.81. The SMILES string of the molecule is CCNC(=O)CCNC(=O)C1(N)CCOCC1. The molecular formula is C11H21N3O3. The fourth-order valence-electron chi connectivity index (χ4n) is 1.71. The van der Waals surface area contributed by atoms with Crippen LogP contribution in [0.2, 0.25) is 0 Å². The summed E-state index contributed by atoms with van der Waals surface area (Å²) in [5.74, 6) is -0.254. The molecule has 1 rings (SSSR count). The topological polar surface area (TPSA) is 93.5 Å². The Morgan fingerprint density at radius 1 is 1.29 bits per heavy atom. The van der Waals surface area contributed by atoms with Gasteiger partial charge < -0.3 is 21.1 Å². The maximum absolute atomic E-state index is 11.8. The molecule has 0 aromatic rings. The first-order valence-corrected chi connectivity index (χ1v) is 6.00. The molecule has 0 atom stereocenters. The Kier molecular flexibility index (Phi) is 5.37. The van der Waals surface area contributed by atoms with Crippen LogP contribution in [-0.2, 0) is 14.3 Å². The minimum Gasteiger partial charge on any atom is -0.381 e. The van der Waals surface area contributed by atoms with E-state index in [0.717, 1.165) is 0 Å². The highest BCUT2D eigenvalue weighted by molar-refractivity contribution is 5.86. The van der Waals surface area contributed by atoms with Crippen molar-refractivity contribution < 1.29 is 14.3 Å². The van der Waals surface area contributed by atoms with Crippen LogP contribution >= 0.6 is 0 Å². The summed E-state index contributed by atoms with van der Waals surface area (Å²) in [5.41, 5.74) is 5.15. The smallest absolute Gasteiger partial charge is 0.240 e. The molecule has 98 valence electrons. The van der Waals surface area contributed by atoms with Crippen molar-refractivity contribution in [3.05, 3.63) is 0 Å². The van der Waals surface area contributed by atoms with Crippen molar-refractivity contribution in [2.75, 3.05) is 26.3 Å². The Bertz CT molecular complexity index is 275. The van der Waals surface area contributed by atoms with E-state index in [-0.39, 0.29) is 18.2 Å². The van der Waals surface area contributed by atoms with Gasteiger partial charge in [0.05, 0.1) is 5.54 Å². The third-order valence-electron chi connectivity index (χ3n) is 2.85. The van der Waals surface area contributed by atoms with Crippen molar-refractivity contribution >= 4 is 11.8 Å². The summed E-state index contributed by atoms with van der Waals surface area (Å²) in [5, 5.41) is 5.37. The standard InChI is InChI=1S/C11H21N3O3/c1-2-13-9(15)3-6-14-10(16)11(12)4-7-17-8-5-11/h2-8,12H2,1H3,(H,13,15)(H,14,16). The zero-order valence-corrected chi connectivity index (χ0v) is 10.3. The van der Waals surface area contributed by atoms with E-state index in [4.69, 9.17) is 10.5 Å². The molecule has 1 saturated heterocycles. The highest BCUT2D eigenvalue weighted by atomic mass is 16.5. The van der Waals surface area contributed by atoms with E-state index in [9.17, 15) is 9.59 Å². The largest absolute Gasteiger partial charge is 0.381 e. The zero-order valence-electron chi connectivity index (χ0n) is 10.3. The number of ether oxygens (including phenoxy) is 1. The van der Waals surface area contributed by atoms with Gasteiger partial charge in [0, 0.05) is 32.7 Å². The summed E-state index contributed by atoms with van der Waals surface area (Å²) < 4.78 is 5.17. The molecule has 6 nitrogen and oxygen atoms in total. The van der Waals surface area contributed by atoms with Gasteiger partial charge in [0.15, 0.2) is 0 Å². The lowest BCUT2D eigenvalue weighted by molar-refractivity contribution is -0.129. The molecule has 2 amide bonds. The minimum absolute atomic E-state index is 0.0640. The second kappa shape index (κ2) is 6.56. The molecule has 0 bridgehead atoms. The quantitative estimate of drug-likeness (QED) is 0.585. The molecule has 0 aromatic carbocycles. The lowest BCUT2D eigenvalue weighted by atomic mass is 9.90. The van der Waals surface area contributed by atoms with Gasteiger partial charge in [0.25, 0.3) is 0 Å². The molecular weight excluding hydrogens is 222 g/mol. The van der Waals surface area contributed by atoms with E-state index in [1.807, 2.05) is 6.92 Å². The van der Waals surface area contributed by atoms with E-state index >= 15 is 0 Å². The summed E-state index contributed by atoms with van der Waals surface area (Å²) in [6.07, 6.45) is 1.34. The summed E-state index contributed by atoms with van der Waals surface area (Å²) in [6, 6.07) is 0. The van der Waals surface area contributed by atoms with Crippen molar-refractivity contribution in [2.24, 2.45) is 5.73 Å². The summed E-state index contributed by atoms with van der Waals surface area (Å²) in [7, 11) is 0. The number of hydrogen-bond donors (Lipinski definition) is 3. The minimum atomic E-state index is -0.834. The van der Waals surface area contributed by atoms with Gasteiger partial charge in [-0.3, -0.25) is 9.59 Å². The van der Waals surface area contributed by atoms with Gasteiger partial charge in [0.2, 0.25) is 11.8 Å². The number of carbonyl (C=O) groups is 2. The van der Waals surface area contributed by atoms with Crippen LogP contribution in [-0.4, -0.2) is 43.7 Å². The van der Waals surface area contributed by atoms with Gasteiger partial charge >= 0.3 is 0 Å². The summed E-state index contributed by atoms with van der Waals surface area (Å²) >= 11 is 0. The number of nitrogens with one attached hydrogen (secondary N) is 2. The normalized spacial score (nSPS) is 18.5. The van der Waals surface area contributed by atoms with Gasteiger partial charge in [-0.2, -0.15) is 0 Å². The van der Waals surface area contributed by atoms with Gasteiger partial charge in [-0.25, -0.2) is 0 Å². The fraction of sp³-hybridized carbons (Fsp3) is 0.818. The predicted octanol–water partition coefficient (Wildman–Crippen LogP) is -0.863. The van der Waals surface area contributed by atoms with Gasteiger partial charge in [-0.05, 0) is 19.8 Å². The van der Waals surface area contributed by atoms with Crippen LogP contribution in [0, 0.1) is 0 Å². The summed E-state index contributed by atoms with van der Waals surface area (Å²) in [4.78, 5) is 23.0. The first-order chi connectivity index (χ1) is 8.08. The fourth-order valence-corrected chi connectivity index (χ4v) is 1.71. The molecule has 0 radical (unpaired) electrons. The highest BCUT2D eigenvalue weighted by Gasteiger charge is 2.35. The first kappa shape index (κ1) is 13.9. The van der Waals surface area contributed by atoms with Crippen LogP contribution in [0.4, 0.5) is 0 Å². The zero-order chi connectivity index (χ0) is 12.7. The molecule has 0 spiro atoms. The van der Waals surface area contributed by atoms with Crippen LogP contribution in [0.3, 0.4) is 0 Å². The number of hydrogen-bond acceptors (Lipinski definition) is 4. The van der Waals surface area contributed by atoms with Crippen molar-refractivity contribution in [1.29, 1.82) is 0 Å². The molecule has 0 aromatic heterocycles. The predicted molar refractivity (Wildman–Crippen MR) is 63.3 cm³/mol. The molecule has 0 unspecified atom stereocenters. The Labute approximate surface area is 101 Å². The van der Waals surface area contributed by atoms with Crippen LogP contribution in [0.25, 0.3) is 0 Å². The highest BCUT2D eigenvalue weighted by Crippen LogP contribution is 2.17. The van der Waals surface area contributed by atoms with Crippen LogP contribution in [0.15, 0.2) is 0 Å². The average Bonchev–Trinajstić information content (AvgIpc) is 2.30. The molecule has 1 aliphatic heterocycles. The monoisotopic (exact) mass is 243 g/mol. The van der Waals surface area contributed by atoms with Gasteiger partial charge in [-0.1, -0.05) is 0 Å². The molecule has 0 saturated carbocycles. The molecule has 0 aliphatic carbocycles. The first-order valence-electron chi connectivity index (χ1n) is 6.00. The van der Waals surface area contributed by atoms with Gasteiger partial charge in [-0.15, -0.1) is 0 Å². The van der Waals surface area contributed by atoms with Crippen molar-refractivity contribution in [3.63, 3.8) is 0 Å².